The van der Waals surface area contributed by atoms with Crippen LogP contribution in [-0.4, -0.2) is 36.8 Å². The summed E-state index contributed by atoms with van der Waals surface area (Å²) in [5.41, 5.74) is 2.22. The van der Waals surface area contributed by atoms with E-state index >= 15 is 0 Å². The molecular weight excluding hydrogens is 613 g/mol. The maximum absolute atomic E-state index is 13.9. The highest BCUT2D eigenvalue weighted by Gasteiger charge is 2.25. The first-order valence-electron chi connectivity index (χ1n) is 12.7. The van der Waals surface area contributed by atoms with Crippen LogP contribution < -0.4 is 15.4 Å². The highest BCUT2D eigenvalue weighted by Crippen LogP contribution is 2.25. The average molecular weight is 645 g/mol. The van der Waals surface area contributed by atoms with Crippen molar-refractivity contribution in [1.29, 1.82) is 0 Å². The Morgan fingerprint density at radius 2 is 1.67 bits per heavy atom. The lowest BCUT2D eigenvalue weighted by atomic mass is 9.95. The number of carbonyl (C=O) groups excluding carboxylic acids is 1. The first-order chi connectivity index (χ1) is 18.7. The summed E-state index contributed by atoms with van der Waals surface area (Å²) in [6.45, 7) is 2.50. The second-order valence-electron chi connectivity index (χ2n) is 9.62. The zero-order chi connectivity index (χ0) is 27.9. The molecule has 4 rings (SSSR count). The largest absolute Gasteiger partial charge is 0.497 e. The van der Waals surface area contributed by atoms with Gasteiger partial charge in [-0.15, -0.1) is 0 Å². The van der Waals surface area contributed by atoms with Gasteiger partial charge < -0.3 is 20.5 Å². The standard InChI is InChI=1S/C31H31F2IN2O3/c1-19(22-6-7-24-15-28(39-2)9-8-23(24)14-22)31(38)36-29(13-21-10-25(32)16-26(33)11-21)30(37)18-35-17-20-4-3-5-27(34)12-20/h3-12,14-16,19,29-30,35,37H,13,17-18H2,1-2H3,(H,36,38)/t19?,29-,30+/m0/s1. The van der Waals surface area contributed by atoms with Gasteiger partial charge in [0.05, 0.1) is 25.2 Å². The van der Waals surface area contributed by atoms with Crippen LogP contribution in [-0.2, 0) is 17.8 Å². The summed E-state index contributed by atoms with van der Waals surface area (Å²) in [5.74, 6) is -1.47. The minimum absolute atomic E-state index is 0.0662. The van der Waals surface area contributed by atoms with Gasteiger partial charge in [-0.1, -0.05) is 36.4 Å². The van der Waals surface area contributed by atoms with Gasteiger partial charge in [-0.25, -0.2) is 8.78 Å². The van der Waals surface area contributed by atoms with Crippen molar-refractivity contribution in [1.82, 2.24) is 10.6 Å². The van der Waals surface area contributed by atoms with E-state index in [9.17, 15) is 18.7 Å². The first-order valence-corrected chi connectivity index (χ1v) is 13.8. The van der Waals surface area contributed by atoms with Gasteiger partial charge in [0, 0.05) is 22.7 Å². The van der Waals surface area contributed by atoms with E-state index in [2.05, 4.69) is 33.2 Å². The van der Waals surface area contributed by atoms with Crippen molar-refractivity contribution in [2.75, 3.05) is 13.7 Å². The quantitative estimate of drug-likeness (QED) is 0.183. The summed E-state index contributed by atoms with van der Waals surface area (Å²) in [6.07, 6.45) is -0.934. The van der Waals surface area contributed by atoms with Gasteiger partial charge in [0.2, 0.25) is 5.91 Å². The third-order valence-electron chi connectivity index (χ3n) is 6.71. The van der Waals surface area contributed by atoms with Crippen molar-refractivity contribution < 1.29 is 23.4 Å². The van der Waals surface area contributed by atoms with E-state index in [4.69, 9.17) is 4.74 Å². The summed E-state index contributed by atoms with van der Waals surface area (Å²) in [6, 6.07) is 22.0. The molecule has 0 saturated carbocycles. The van der Waals surface area contributed by atoms with Crippen molar-refractivity contribution in [3.63, 3.8) is 0 Å². The van der Waals surface area contributed by atoms with E-state index in [0.29, 0.717) is 12.1 Å². The Morgan fingerprint density at radius 3 is 2.38 bits per heavy atom. The Hall–Kier alpha value is -3.08. The van der Waals surface area contributed by atoms with Gasteiger partial charge in [0.25, 0.3) is 0 Å². The fraction of sp³-hybridized carbons (Fsp3) is 0.258. The van der Waals surface area contributed by atoms with Crippen molar-refractivity contribution in [3.05, 3.63) is 111 Å². The van der Waals surface area contributed by atoms with Crippen LogP contribution in [0.1, 0.15) is 29.5 Å². The number of hydrogen-bond acceptors (Lipinski definition) is 4. The van der Waals surface area contributed by atoms with Crippen molar-refractivity contribution in [2.24, 2.45) is 0 Å². The first kappa shape index (κ1) is 28.9. The molecule has 0 heterocycles. The highest BCUT2D eigenvalue weighted by molar-refractivity contribution is 14.1. The molecule has 0 radical (unpaired) electrons. The molecule has 5 nitrogen and oxygen atoms in total. The van der Waals surface area contributed by atoms with Crippen LogP contribution in [0.3, 0.4) is 0 Å². The zero-order valence-electron chi connectivity index (χ0n) is 21.8. The van der Waals surface area contributed by atoms with Crippen LogP contribution in [0.2, 0.25) is 0 Å². The van der Waals surface area contributed by atoms with Gasteiger partial charge >= 0.3 is 0 Å². The molecular formula is C31H31F2IN2O3. The number of carbonyl (C=O) groups is 1. The Kier molecular flexibility index (Phi) is 9.88. The van der Waals surface area contributed by atoms with Gasteiger partial charge in [-0.2, -0.15) is 0 Å². The molecule has 0 spiro atoms. The Bertz CT molecular complexity index is 1430. The fourth-order valence-electron chi connectivity index (χ4n) is 4.52. The number of halogens is 3. The molecule has 3 atom stereocenters. The van der Waals surface area contributed by atoms with Crippen LogP contribution >= 0.6 is 22.6 Å². The summed E-state index contributed by atoms with van der Waals surface area (Å²) >= 11 is 2.24. The lowest BCUT2D eigenvalue weighted by Crippen LogP contribution is -2.49. The Morgan fingerprint density at radius 1 is 0.949 bits per heavy atom. The number of amides is 1. The number of aliphatic hydroxyl groups is 1. The number of ether oxygens (including phenoxy) is 1. The van der Waals surface area contributed by atoms with Crippen molar-refractivity contribution >= 4 is 39.3 Å². The molecule has 0 aliphatic carbocycles. The monoisotopic (exact) mass is 644 g/mol. The number of rotatable bonds is 11. The smallest absolute Gasteiger partial charge is 0.227 e. The SMILES string of the molecule is COc1ccc2cc(C(C)C(=O)N[C@@H](Cc3cc(F)cc(F)c3)[C@H](O)CNCc3cccc(I)c3)ccc2c1. The topological polar surface area (TPSA) is 70.6 Å². The van der Waals surface area contributed by atoms with Gasteiger partial charge in [0.15, 0.2) is 0 Å². The van der Waals surface area contributed by atoms with Crippen LogP contribution in [0.4, 0.5) is 8.78 Å². The lowest BCUT2D eigenvalue weighted by molar-refractivity contribution is -0.123. The molecule has 4 aromatic carbocycles. The van der Waals surface area contributed by atoms with E-state index in [1.54, 1.807) is 14.0 Å². The average Bonchev–Trinajstić information content (AvgIpc) is 2.91. The molecule has 0 aliphatic rings. The van der Waals surface area contributed by atoms with Crippen LogP contribution in [0.5, 0.6) is 5.75 Å². The Balaban J connectivity index is 1.48. The second-order valence-corrected chi connectivity index (χ2v) is 10.9. The van der Waals surface area contributed by atoms with Crippen LogP contribution in [0.15, 0.2) is 78.9 Å². The normalized spacial score (nSPS) is 13.6. The maximum atomic E-state index is 13.9. The van der Waals surface area contributed by atoms with E-state index in [0.717, 1.165) is 37.3 Å². The molecule has 4 aromatic rings. The molecule has 0 aliphatic heterocycles. The van der Waals surface area contributed by atoms with Crippen molar-refractivity contribution in [3.8, 4) is 5.75 Å². The summed E-state index contributed by atoms with van der Waals surface area (Å²) in [5, 5.41) is 19.2. The van der Waals surface area contributed by atoms with E-state index in [-0.39, 0.29) is 18.9 Å². The van der Waals surface area contributed by atoms with Gasteiger partial charge in [0.1, 0.15) is 17.4 Å². The predicted molar refractivity (Wildman–Crippen MR) is 158 cm³/mol. The number of methoxy groups -OCH3 is 1. The van der Waals surface area contributed by atoms with Gasteiger partial charge in [-0.05, 0) is 99.8 Å². The molecule has 8 heteroatoms. The minimum Gasteiger partial charge on any atom is -0.497 e. The van der Waals surface area contributed by atoms with Crippen LogP contribution in [0, 0.1) is 15.2 Å². The molecule has 39 heavy (non-hydrogen) atoms. The summed E-state index contributed by atoms with van der Waals surface area (Å²) < 4.78 is 34.1. The number of benzene rings is 4. The zero-order valence-corrected chi connectivity index (χ0v) is 23.9. The summed E-state index contributed by atoms with van der Waals surface area (Å²) in [4.78, 5) is 13.3. The molecule has 0 fully saturated rings. The molecule has 204 valence electrons. The maximum Gasteiger partial charge on any atom is 0.227 e. The molecule has 3 N–H and O–H groups in total. The molecule has 1 unspecified atom stereocenters. The van der Waals surface area contributed by atoms with Crippen molar-refractivity contribution in [2.45, 2.75) is 38.0 Å². The fourth-order valence-corrected chi connectivity index (χ4v) is 5.12. The number of hydrogen-bond donors (Lipinski definition) is 3. The van der Waals surface area contributed by atoms with E-state index < -0.39 is 29.7 Å². The highest BCUT2D eigenvalue weighted by atomic mass is 127. The third-order valence-corrected chi connectivity index (χ3v) is 7.38. The lowest BCUT2D eigenvalue weighted by Gasteiger charge is -2.26. The molecule has 0 aromatic heterocycles. The van der Waals surface area contributed by atoms with Crippen LogP contribution in [0.25, 0.3) is 10.8 Å². The number of fused-ring (bicyclic) bond motifs is 1. The Labute approximate surface area is 240 Å². The molecule has 0 bridgehead atoms. The third kappa shape index (κ3) is 7.97. The van der Waals surface area contributed by atoms with E-state index in [1.165, 1.54) is 12.1 Å². The number of aliphatic hydroxyl groups excluding tert-OH is 1. The predicted octanol–water partition coefficient (Wildman–Crippen LogP) is 5.71. The number of nitrogens with one attached hydrogen (secondary N) is 2. The molecule has 1 amide bonds. The summed E-state index contributed by atoms with van der Waals surface area (Å²) in [7, 11) is 1.61. The second kappa shape index (κ2) is 13.3. The van der Waals surface area contributed by atoms with E-state index in [1.807, 2.05) is 60.7 Å². The minimum atomic E-state index is -1.00. The van der Waals surface area contributed by atoms with Gasteiger partial charge in [-0.3, -0.25) is 4.79 Å². The molecule has 0 saturated heterocycles.